The van der Waals surface area contributed by atoms with Gasteiger partial charge in [-0.25, -0.2) is 4.39 Å². The van der Waals surface area contributed by atoms with E-state index in [1.165, 1.54) is 0 Å². The number of rotatable bonds is 3. The molecule has 122 valence electrons. The molecule has 0 aliphatic heterocycles. The second-order valence-corrected chi connectivity index (χ2v) is 5.14. The number of halogens is 4. The predicted molar refractivity (Wildman–Crippen MR) is 85.3 cm³/mol. The van der Waals surface area contributed by atoms with E-state index in [1.54, 1.807) is 24.3 Å². The number of benzene rings is 2. The zero-order valence-electron chi connectivity index (χ0n) is 11.7. The van der Waals surface area contributed by atoms with Crippen molar-refractivity contribution >= 4 is 28.7 Å². The van der Waals surface area contributed by atoms with Gasteiger partial charge >= 0.3 is 6.18 Å². The standard InChI is InChI=1S/C15H13F4N3S/c16-13-6-1-10(15(17,18)19)7-9(13)8-21-14(23)22-12-4-2-11(20)3-5-12/h1-7H,8,20H2,(H2,21,22,23). The highest BCUT2D eigenvalue weighted by molar-refractivity contribution is 7.80. The molecule has 8 heteroatoms. The lowest BCUT2D eigenvalue weighted by Gasteiger charge is -2.13. The number of hydrogen-bond donors (Lipinski definition) is 3. The maximum atomic E-state index is 13.6. The molecule has 0 radical (unpaired) electrons. The highest BCUT2D eigenvalue weighted by Gasteiger charge is 2.31. The van der Waals surface area contributed by atoms with Gasteiger partial charge in [0.25, 0.3) is 0 Å². The summed E-state index contributed by atoms with van der Waals surface area (Å²) >= 11 is 5.02. The van der Waals surface area contributed by atoms with Gasteiger partial charge in [0, 0.05) is 23.5 Å². The minimum absolute atomic E-state index is 0.124. The van der Waals surface area contributed by atoms with Crippen LogP contribution in [0, 0.1) is 5.82 Å². The van der Waals surface area contributed by atoms with Crippen LogP contribution in [0.25, 0.3) is 0 Å². The summed E-state index contributed by atoms with van der Waals surface area (Å²) in [6, 6.07) is 8.95. The van der Waals surface area contributed by atoms with E-state index in [2.05, 4.69) is 10.6 Å². The second-order valence-electron chi connectivity index (χ2n) is 4.73. The first-order chi connectivity index (χ1) is 10.8. The van der Waals surface area contributed by atoms with E-state index >= 15 is 0 Å². The largest absolute Gasteiger partial charge is 0.416 e. The van der Waals surface area contributed by atoms with E-state index in [-0.39, 0.29) is 17.2 Å². The Balaban J connectivity index is 2.00. The van der Waals surface area contributed by atoms with Crippen molar-refractivity contribution in [3.05, 3.63) is 59.4 Å². The summed E-state index contributed by atoms with van der Waals surface area (Å²) in [7, 11) is 0. The van der Waals surface area contributed by atoms with Crippen molar-refractivity contribution in [2.24, 2.45) is 0 Å². The summed E-state index contributed by atoms with van der Waals surface area (Å²) in [5.74, 6) is -0.735. The zero-order chi connectivity index (χ0) is 17.0. The van der Waals surface area contributed by atoms with Crippen LogP contribution in [0.4, 0.5) is 28.9 Å². The molecule has 2 rings (SSSR count). The van der Waals surface area contributed by atoms with Crippen molar-refractivity contribution in [2.75, 3.05) is 11.1 Å². The summed E-state index contributed by atoms with van der Waals surface area (Å²) in [6.45, 7) is -0.170. The van der Waals surface area contributed by atoms with Crippen LogP contribution >= 0.6 is 12.2 Å². The molecule has 0 amide bonds. The van der Waals surface area contributed by atoms with Crippen LogP contribution in [0.2, 0.25) is 0 Å². The van der Waals surface area contributed by atoms with Crippen LogP contribution in [0.1, 0.15) is 11.1 Å². The van der Waals surface area contributed by atoms with Crippen LogP contribution in [0.15, 0.2) is 42.5 Å². The van der Waals surface area contributed by atoms with Crippen molar-refractivity contribution in [1.82, 2.24) is 5.32 Å². The summed E-state index contributed by atoms with van der Waals surface area (Å²) in [5.41, 5.74) is 5.75. The zero-order valence-corrected chi connectivity index (χ0v) is 12.6. The predicted octanol–water partition coefficient (Wildman–Crippen LogP) is 3.91. The topological polar surface area (TPSA) is 50.1 Å². The minimum atomic E-state index is -4.52. The first-order valence-corrected chi connectivity index (χ1v) is 6.92. The quantitative estimate of drug-likeness (QED) is 0.449. The second kappa shape index (κ2) is 6.82. The minimum Gasteiger partial charge on any atom is -0.399 e. The van der Waals surface area contributed by atoms with E-state index in [1.807, 2.05) is 0 Å². The van der Waals surface area contributed by atoms with Gasteiger partial charge < -0.3 is 16.4 Å². The van der Waals surface area contributed by atoms with Crippen LogP contribution in [-0.2, 0) is 12.7 Å². The maximum absolute atomic E-state index is 13.6. The summed E-state index contributed by atoms with van der Waals surface area (Å²) < 4.78 is 51.5. The third-order valence-electron chi connectivity index (χ3n) is 2.98. The van der Waals surface area contributed by atoms with E-state index in [0.717, 1.165) is 12.1 Å². The third-order valence-corrected chi connectivity index (χ3v) is 3.23. The Morgan fingerprint density at radius 3 is 2.35 bits per heavy atom. The van der Waals surface area contributed by atoms with Gasteiger partial charge in [0.2, 0.25) is 0 Å². The summed E-state index contributed by atoms with van der Waals surface area (Å²) in [4.78, 5) is 0. The molecule has 0 aromatic heterocycles. The van der Waals surface area contributed by atoms with E-state index in [4.69, 9.17) is 18.0 Å². The molecule has 2 aromatic rings. The monoisotopic (exact) mass is 343 g/mol. The van der Waals surface area contributed by atoms with Crippen molar-refractivity contribution < 1.29 is 17.6 Å². The van der Waals surface area contributed by atoms with Crippen LogP contribution in [0.3, 0.4) is 0 Å². The third kappa shape index (κ3) is 4.82. The molecule has 0 saturated heterocycles. The first-order valence-electron chi connectivity index (χ1n) is 6.52. The molecule has 23 heavy (non-hydrogen) atoms. The van der Waals surface area contributed by atoms with E-state index in [0.29, 0.717) is 17.4 Å². The van der Waals surface area contributed by atoms with Crippen LogP contribution < -0.4 is 16.4 Å². The van der Waals surface area contributed by atoms with Gasteiger partial charge in [0.1, 0.15) is 5.82 Å². The molecule has 0 atom stereocenters. The number of nitrogen functional groups attached to an aromatic ring is 1. The normalized spacial score (nSPS) is 11.1. The SMILES string of the molecule is Nc1ccc(NC(=S)NCc2cc(C(F)(F)F)ccc2F)cc1. The Morgan fingerprint density at radius 2 is 1.74 bits per heavy atom. The highest BCUT2D eigenvalue weighted by atomic mass is 32.1. The molecular formula is C15H13F4N3S. The van der Waals surface area contributed by atoms with Gasteiger partial charge in [0.05, 0.1) is 5.56 Å². The van der Waals surface area contributed by atoms with E-state index in [9.17, 15) is 17.6 Å². The maximum Gasteiger partial charge on any atom is 0.416 e. The molecule has 2 aromatic carbocycles. The Kier molecular flexibility index (Phi) is 5.05. The molecule has 0 aliphatic rings. The molecule has 0 bridgehead atoms. The number of alkyl halides is 3. The van der Waals surface area contributed by atoms with E-state index < -0.39 is 17.6 Å². The van der Waals surface area contributed by atoms with Gasteiger partial charge in [-0.1, -0.05) is 0 Å². The molecule has 0 aliphatic carbocycles. The van der Waals surface area contributed by atoms with Crippen molar-refractivity contribution in [3.63, 3.8) is 0 Å². The average Bonchev–Trinajstić information content (AvgIpc) is 2.47. The Labute approximate surface area is 135 Å². The number of anilines is 2. The first kappa shape index (κ1) is 17.0. The average molecular weight is 343 g/mol. The number of thiocarbonyl (C=S) groups is 1. The molecular weight excluding hydrogens is 330 g/mol. The number of hydrogen-bond acceptors (Lipinski definition) is 2. The Bertz CT molecular complexity index is 699. The Morgan fingerprint density at radius 1 is 1.09 bits per heavy atom. The lowest BCUT2D eigenvalue weighted by molar-refractivity contribution is -0.137. The smallest absolute Gasteiger partial charge is 0.399 e. The fourth-order valence-corrected chi connectivity index (χ4v) is 1.99. The highest BCUT2D eigenvalue weighted by Crippen LogP contribution is 2.30. The van der Waals surface area contributed by atoms with Crippen LogP contribution in [0.5, 0.6) is 0 Å². The fraction of sp³-hybridized carbons (Fsp3) is 0.133. The van der Waals surface area contributed by atoms with Gasteiger partial charge in [-0.05, 0) is 54.7 Å². The molecule has 3 nitrogen and oxygen atoms in total. The van der Waals surface area contributed by atoms with Crippen LogP contribution in [-0.4, -0.2) is 5.11 Å². The Hall–Kier alpha value is -2.35. The molecule has 0 unspecified atom stereocenters. The molecule has 0 heterocycles. The van der Waals surface area contributed by atoms with Crippen molar-refractivity contribution in [1.29, 1.82) is 0 Å². The summed E-state index contributed by atoms with van der Waals surface area (Å²) in [5, 5.41) is 5.65. The molecule has 0 spiro atoms. The van der Waals surface area contributed by atoms with Gasteiger partial charge in [-0.2, -0.15) is 13.2 Å². The fourth-order valence-electron chi connectivity index (χ4n) is 1.80. The van der Waals surface area contributed by atoms with Gasteiger partial charge in [-0.3, -0.25) is 0 Å². The van der Waals surface area contributed by atoms with Crippen molar-refractivity contribution in [3.8, 4) is 0 Å². The van der Waals surface area contributed by atoms with Gasteiger partial charge in [-0.15, -0.1) is 0 Å². The number of nitrogens with one attached hydrogen (secondary N) is 2. The number of nitrogens with two attached hydrogens (primary N) is 1. The molecule has 0 fully saturated rings. The van der Waals surface area contributed by atoms with Gasteiger partial charge in [0.15, 0.2) is 5.11 Å². The van der Waals surface area contributed by atoms with Crippen molar-refractivity contribution in [2.45, 2.75) is 12.7 Å². The summed E-state index contributed by atoms with van der Waals surface area (Å²) in [6.07, 6.45) is -4.52. The lowest BCUT2D eigenvalue weighted by atomic mass is 10.1. The molecule has 0 saturated carbocycles. The molecule has 4 N–H and O–H groups in total. The lowest BCUT2D eigenvalue weighted by Crippen LogP contribution is -2.28.